The van der Waals surface area contributed by atoms with Gasteiger partial charge in [-0.3, -0.25) is 0 Å². The fraction of sp³-hybridized carbons (Fsp3) is 0.200. The Kier molecular flexibility index (Phi) is 5.24. The molecule has 1 aromatic heterocycles. The molecule has 0 aliphatic rings. The van der Waals surface area contributed by atoms with Gasteiger partial charge in [-0.2, -0.15) is 0 Å². The molecule has 1 heterocycles. The Morgan fingerprint density at radius 3 is 2.54 bits per heavy atom. The zero-order valence-corrected chi connectivity index (χ0v) is 16.3. The smallest absolute Gasteiger partial charge is 0.338 e. The number of sulfone groups is 1. The summed E-state index contributed by atoms with van der Waals surface area (Å²) in [4.78, 5) is 24.3. The summed E-state index contributed by atoms with van der Waals surface area (Å²) in [5.41, 5.74) is 0.936. The second-order valence-electron chi connectivity index (χ2n) is 6.28. The first-order valence-electron chi connectivity index (χ1n) is 8.27. The largest absolute Gasteiger partial charge is 0.497 e. The van der Waals surface area contributed by atoms with Crippen molar-refractivity contribution in [1.82, 2.24) is 0 Å². The molecule has 0 aliphatic heterocycles. The topological polar surface area (TPSA) is 99.9 Å². The van der Waals surface area contributed by atoms with Gasteiger partial charge in [0.05, 0.1) is 17.6 Å². The van der Waals surface area contributed by atoms with E-state index in [1.54, 1.807) is 31.2 Å². The van der Waals surface area contributed by atoms with E-state index in [9.17, 15) is 18.0 Å². The van der Waals surface area contributed by atoms with Crippen molar-refractivity contribution in [3.63, 3.8) is 0 Å². The summed E-state index contributed by atoms with van der Waals surface area (Å²) in [5, 5.41) is 0.606. The third-order valence-electron chi connectivity index (χ3n) is 4.25. The van der Waals surface area contributed by atoms with E-state index in [4.69, 9.17) is 13.9 Å². The van der Waals surface area contributed by atoms with Gasteiger partial charge in [-0.15, -0.1) is 0 Å². The van der Waals surface area contributed by atoms with Gasteiger partial charge in [0.25, 0.3) is 0 Å². The molecule has 0 fully saturated rings. The van der Waals surface area contributed by atoms with E-state index >= 15 is 0 Å². The molecule has 2 aromatic carbocycles. The van der Waals surface area contributed by atoms with Gasteiger partial charge in [0.15, 0.2) is 9.84 Å². The average molecular weight is 402 g/mol. The minimum absolute atomic E-state index is 0.0305. The molecule has 0 atom stereocenters. The minimum atomic E-state index is -3.46. The molecule has 8 heteroatoms. The van der Waals surface area contributed by atoms with Crippen LogP contribution in [0.15, 0.2) is 56.6 Å². The molecule has 0 aliphatic carbocycles. The number of carbonyl (C=O) groups excluding carboxylic acids is 1. The molecule has 0 bridgehead atoms. The van der Waals surface area contributed by atoms with Crippen LogP contribution in [0.1, 0.15) is 21.5 Å². The number of carbonyl (C=O) groups is 1. The van der Waals surface area contributed by atoms with Crippen LogP contribution in [0.5, 0.6) is 5.75 Å². The van der Waals surface area contributed by atoms with Gasteiger partial charge >= 0.3 is 11.6 Å². The number of methoxy groups -OCH3 is 1. The van der Waals surface area contributed by atoms with Crippen molar-refractivity contribution in [1.29, 1.82) is 0 Å². The second kappa shape index (κ2) is 7.47. The first-order valence-corrected chi connectivity index (χ1v) is 10.2. The lowest BCUT2D eigenvalue weighted by Crippen LogP contribution is -2.10. The van der Waals surface area contributed by atoms with Crippen LogP contribution < -0.4 is 10.4 Å². The van der Waals surface area contributed by atoms with E-state index in [1.165, 1.54) is 25.3 Å². The Morgan fingerprint density at radius 2 is 1.86 bits per heavy atom. The lowest BCUT2D eigenvalue weighted by molar-refractivity contribution is 0.0472. The molecule has 0 amide bonds. The minimum Gasteiger partial charge on any atom is -0.497 e. The molecule has 0 saturated carbocycles. The van der Waals surface area contributed by atoms with E-state index in [-0.39, 0.29) is 17.1 Å². The van der Waals surface area contributed by atoms with Gasteiger partial charge in [-0.25, -0.2) is 18.0 Å². The number of hydrogen-bond acceptors (Lipinski definition) is 7. The fourth-order valence-corrected chi connectivity index (χ4v) is 3.38. The van der Waals surface area contributed by atoms with Gasteiger partial charge in [0.1, 0.15) is 17.9 Å². The molecule has 28 heavy (non-hydrogen) atoms. The number of fused-ring (bicyclic) bond motifs is 1. The molecule has 7 nitrogen and oxygen atoms in total. The van der Waals surface area contributed by atoms with Gasteiger partial charge in [-0.1, -0.05) is 6.07 Å². The highest BCUT2D eigenvalue weighted by Gasteiger charge is 2.16. The molecule has 0 unspecified atom stereocenters. The molecular weight excluding hydrogens is 384 g/mol. The van der Waals surface area contributed by atoms with E-state index in [2.05, 4.69) is 0 Å². The zero-order chi connectivity index (χ0) is 20.5. The van der Waals surface area contributed by atoms with Crippen molar-refractivity contribution in [2.75, 3.05) is 13.4 Å². The van der Waals surface area contributed by atoms with Crippen molar-refractivity contribution in [2.24, 2.45) is 0 Å². The van der Waals surface area contributed by atoms with Gasteiger partial charge < -0.3 is 13.9 Å². The molecule has 0 N–H and O–H groups in total. The summed E-state index contributed by atoms with van der Waals surface area (Å²) in [6.07, 6.45) is 1.07. The number of ether oxygens (including phenoxy) is 2. The highest BCUT2D eigenvalue weighted by molar-refractivity contribution is 7.90. The molecule has 0 saturated heterocycles. The number of rotatable bonds is 5. The Hall–Kier alpha value is -3.13. The van der Waals surface area contributed by atoms with Crippen LogP contribution >= 0.6 is 0 Å². The standard InChI is InChI=1S/C20H18O7S/c1-12-4-6-15(28(3,23)24)10-17(12)20(22)26-11-13-8-19(21)27-18-9-14(25-2)5-7-16(13)18/h4-10H,11H2,1-3H3. The normalized spacial score (nSPS) is 11.4. The first kappa shape index (κ1) is 19.6. The number of esters is 1. The van der Waals surface area contributed by atoms with Crippen LogP contribution in [-0.4, -0.2) is 27.8 Å². The third kappa shape index (κ3) is 4.07. The monoisotopic (exact) mass is 402 g/mol. The summed E-state index contributed by atoms with van der Waals surface area (Å²) >= 11 is 0. The zero-order valence-electron chi connectivity index (χ0n) is 15.5. The van der Waals surface area contributed by atoms with Crippen LogP contribution in [0, 0.1) is 6.92 Å². The van der Waals surface area contributed by atoms with E-state index in [1.807, 2.05) is 0 Å². The fourth-order valence-electron chi connectivity index (χ4n) is 2.73. The summed E-state index contributed by atoms with van der Waals surface area (Å²) in [6, 6.07) is 10.5. The van der Waals surface area contributed by atoms with Gasteiger partial charge in [0.2, 0.25) is 0 Å². The quantitative estimate of drug-likeness (QED) is 0.478. The maximum absolute atomic E-state index is 12.5. The molecule has 0 spiro atoms. The van der Waals surface area contributed by atoms with E-state index in [0.29, 0.717) is 27.8 Å². The first-order chi connectivity index (χ1) is 13.2. The van der Waals surface area contributed by atoms with Crippen molar-refractivity contribution < 1.29 is 27.1 Å². The highest BCUT2D eigenvalue weighted by Crippen LogP contribution is 2.24. The van der Waals surface area contributed by atoms with Crippen molar-refractivity contribution in [3.05, 3.63) is 69.6 Å². The average Bonchev–Trinajstić information content (AvgIpc) is 2.64. The Labute approximate surface area is 161 Å². The molecular formula is C20H18O7S. The van der Waals surface area contributed by atoms with Gasteiger partial charge in [-0.05, 0) is 36.8 Å². The van der Waals surface area contributed by atoms with Crippen LogP contribution in [-0.2, 0) is 21.2 Å². The van der Waals surface area contributed by atoms with Crippen molar-refractivity contribution in [3.8, 4) is 5.75 Å². The van der Waals surface area contributed by atoms with Gasteiger partial charge in [0, 0.05) is 29.3 Å². The van der Waals surface area contributed by atoms with E-state index in [0.717, 1.165) is 6.26 Å². The van der Waals surface area contributed by atoms with Crippen LogP contribution in [0.3, 0.4) is 0 Å². The summed E-state index contributed by atoms with van der Waals surface area (Å²) in [6.45, 7) is 1.51. The van der Waals surface area contributed by atoms with Crippen LogP contribution in [0.25, 0.3) is 11.0 Å². The molecule has 0 radical (unpaired) electrons. The number of hydrogen-bond donors (Lipinski definition) is 0. The lowest BCUT2D eigenvalue weighted by atomic mass is 10.1. The Morgan fingerprint density at radius 1 is 1.11 bits per heavy atom. The maximum Gasteiger partial charge on any atom is 0.338 e. The molecule has 3 rings (SSSR count). The van der Waals surface area contributed by atoms with E-state index < -0.39 is 21.4 Å². The summed E-state index contributed by atoms with van der Waals surface area (Å²) < 4.78 is 39.1. The van der Waals surface area contributed by atoms with Crippen LogP contribution in [0.2, 0.25) is 0 Å². The lowest BCUT2D eigenvalue weighted by Gasteiger charge is -2.10. The third-order valence-corrected chi connectivity index (χ3v) is 5.36. The Balaban J connectivity index is 1.91. The van der Waals surface area contributed by atoms with Crippen molar-refractivity contribution >= 4 is 26.8 Å². The SMILES string of the molecule is COc1ccc2c(COC(=O)c3cc(S(C)(=O)=O)ccc3C)cc(=O)oc2c1. The summed E-state index contributed by atoms with van der Waals surface area (Å²) in [7, 11) is -1.96. The van der Waals surface area contributed by atoms with Crippen LogP contribution in [0.4, 0.5) is 0 Å². The number of benzene rings is 2. The molecule has 146 valence electrons. The Bertz CT molecular complexity index is 1220. The van der Waals surface area contributed by atoms with Crippen molar-refractivity contribution in [2.45, 2.75) is 18.4 Å². The molecule has 3 aromatic rings. The highest BCUT2D eigenvalue weighted by atomic mass is 32.2. The predicted octanol–water partition coefficient (Wildman–Crippen LogP) is 2.87. The maximum atomic E-state index is 12.5. The number of aryl methyl sites for hydroxylation is 1. The predicted molar refractivity (Wildman–Crippen MR) is 102 cm³/mol. The second-order valence-corrected chi connectivity index (χ2v) is 8.29. The summed E-state index contributed by atoms with van der Waals surface area (Å²) in [5.74, 6) is -0.157.